The molecule has 9 nitrogen and oxygen atoms in total. The van der Waals surface area contributed by atoms with Gasteiger partial charge in [0, 0.05) is 46.9 Å². The number of unbranched alkanes of at least 4 members (excludes halogenated alkanes) is 2. The standard InChI is InChI=1S/C32H36N4O5/c1-4-7-8-11-23-15-16-25(32(39)41-23)31(38)36-20-22(34-40-6-3)19-29(36)30(37)33-21-14-17-28-26(18-21)24-12-9-10-13-27(24)35(28)5-2/h9-10,12-18,29H,4-8,11,19-20H2,1-3H3,(H,33,37)/b34-22+/t29-/m0/s1. The maximum Gasteiger partial charge on any atom is 0.348 e. The molecule has 1 atom stereocenters. The first kappa shape index (κ1) is 28.1. The van der Waals surface area contributed by atoms with E-state index in [0.29, 0.717) is 30.2 Å². The lowest BCUT2D eigenvalue weighted by Gasteiger charge is -2.23. The van der Waals surface area contributed by atoms with Gasteiger partial charge in [0.25, 0.3) is 5.91 Å². The Kier molecular flexibility index (Phi) is 8.52. The molecule has 0 spiro atoms. The highest BCUT2D eigenvalue weighted by molar-refractivity contribution is 6.11. The van der Waals surface area contributed by atoms with E-state index in [2.05, 4.69) is 41.0 Å². The van der Waals surface area contributed by atoms with Crippen molar-refractivity contribution < 1.29 is 18.8 Å². The number of fused-ring (bicyclic) bond motifs is 3. The summed E-state index contributed by atoms with van der Waals surface area (Å²) in [4.78, 5) is 46.6. The maximum absolute atomic E-state index is 13.6. The fourth-order valence-electron chi connectivity index (χ4n) is 5.52. The van der Waals surface area contributed by atoms with Crippen LogP contribution in [0, 0.1) is 0 Å². The molecule has 0 bridgehead atoms. The summed E-state index contributed by atoms with van der Waals surface area (Å²) in [6.45, 7) is 7.29. The molecule has 41 heavy (non-hydrogen) atoms. The summed E-state index contributed by atoms with van der Waals surface area (Å²) >= 11 is 0. The zero-order chi connectivity index (χ0) is 28.9. The van der Waals surface area contributed by atoms with E-state index >= 15 is 0 Å². The number of anilines is 1. The van der Waals surface area contributed by atoms with E-state index < -0.39 is 17.6 Å². The maximum atomic E-state index is 13.6. The van der Waals surface area contributed by atoms with Crippen LogP contribution in [-0.2, 0) is 22.6 Å². The van der Waals surface area contributed by atoms with Gasteiger partial charge >= 0.3 is 5.63 Å². The van der Waals surface area contributed by atoms with Crippen molar-refractivity contribution in [1.29, 1.82) is 0 Å². The van der Waals surface area contributed by atoms with Gasteiger partial charge in [-0.25, -0.2) is 4.79 Å². The molecule has 214 valence electrons. The molecule has 0 radical (unpaired) electrons. The number of likely N-dealkylation sites (tertiary alicyclic amines) is 1. The number of nitrogens with one attached hydrogen (secondary N) is 1. The molecule has 2 amide bonds. The third-order valence-electron chi connectivity index (χ3n) is 7.54. The Morgan fingerprint density at radius 3 is 2.59 bits per heavy atom. The number of benzene rings is 2. The first-order valence-electron chi connectivity index (χ1n) is 14.4. The van der Waals surface area contributed by atoms with Gasteiger partial charge in [0.15, 0.2) is 0 Å². The molecular formula is C32H36N4O5. The van der Waals surface area contributed by atoms with E-state index in [1.54, 1.807) is 6.07 Å². The molecule has 5 rings (SSSR count). The predicted octanol–water partition coefficient (Wildman–Crippen LogP) is 5.75. The predicted molar refractivity (Wildman–Crippen MR) is 160 cm³/mol. The minimum atomic E-state index is -0.863. The van der Waals surface area contributed by atoms with Crippen LogP contribution in [-0.4, -0.2) is 46.2 Å². The highest BCUT2D eigenvalue weighted by Gasteiger charge is 2.39. The first-order valence-corrected chi connectivity index (χ1v) is 14.4. The van der Waals surface area contributed by atoms with Crippen LogP contribution in [0.3, 0.4) is 0 Å². The van der Waals surface area contributed by atoms with Gasteiger partial charge in [-0.05, 0) is 56.7 Å². The largest absolute Gasteiger partial charge is 0.427 e. The fourth-order valence-corrected chi connectivity index (χ4v) is 5.52. The van der Waals surface area contributed by atoms with Crippen molar-refractivity contribution in [1.82, 2.24) is 9.47 Å². The van der Waals surface area contributed by atoms with Gasteiger partial charge in [-0.2, -0.15) is 0 Å². The first-order chi connectivity index (χ1) is 19.9. The Labute approximate surface area is 238 Å². The molecule has 4 aromatic rings. The highest BCUT2D eigenvalue weighted by atomic mass is 16.6. The second-order valence-electron chi connectivity index (χ2n) is 10.3. The van der Waals surface area contributed by atoms with Crippen LogP contribution in [0.1, 0.15) is 62.6 Å². The van der Waals surface area contributed by atoms with E-state index in [1.165, 1.54) is 11.0 Å². The van der Waals surface area contributed by atoms with Crippen LogP contribution < -0.4 is 10.9 Å². The van der Waals surface area contributed by atoms with Crippen molar-refractivity contribution in [2.75, 3.05) is 18.5 Å². The monoisotopic (exact) mass is 556 g/mol. The van der Waals surface area contributed by atoms with Crippen molar-refractivity contribution in [3.63, 3.8) is 0 Å². The lowest BCUT2D eigenvalue weighted by molar-refractivity contribution is -0.119. The summed E-state index contributed by atoms with van der Waals surface area (Å²) in [6, 6.07) is 16.3. The molecule has 2 aromatic heterocycles. The van der Waals surface area contributed by atoms with Gasteiger partial charge in [0.2, 0.25) is 5.91 Å². The number of nitrogens with zero attached hydrogens (tertiary/aromatic N) is 3. The molecule has 1 N–H and O–H groups in total. The topological polar surface area (TPSA) is 106 Å². The second kappa shape index (κ2) is 12.4. The lowest BCUT2D eigenvalue weighted by atomic mass is 10.1. The summed E-state index contributed by atoms with van der Waals surface area (Å²) in [5, 5.41) is 9.25. The molecule has 0 saturated carbocycles. The summed E-state index contributed by atoms with van der Waals surface area (Å²) < 4.78 is 7.69. The van der Waals surface area contributed by atoms with Crippen molar-refractivity contribution in [2.45, 2.75) is 65.5 Å². The van der Waals surface area contributed by atoms with Gasteiger partial charge in [-0.15, -0.1) is 0 Å². The molecule has 9 heteroatoms. The third-order valence-corrected chi connectivity index (χ3v) is 7.54. The van der Waals surface area contributed by atoms with Gasteiger partial charge in [0.1, 0.15) is 24.0 Å². The minimum absolute atomic E-state index is 0.0810. The Bertz CT molecular complexity index is 1670. The average molecular weight is 557 g/mol. The zero-order valence-electron chi connectivity index (χ0n) is 23.8. The smallest absolute Gasteiger partial charge is 0.348 e. The van der Waals surface area contributed by atoms with Crippen molar-refractivity contribution >= 4 is 45.0 Å². The number of hydrogen-bond donors (Lipinski definition) is 1. The summed E-state index contributed by atoms with van der Waals surface area (Å²) in [5.74, 6) is -0.379. The molecule has 1 aliphatic heterocycles. The summed E-state index contributed by atoms with van der Waals surface area (Å²) in [5.41, 5.74) is 2.60. The number of aromatic nitrogens is 1. The van der Waals surface area contributed by atoms with E-state index in [-0.39, 0.29) is 24.4 Å². The number of amides is 2. The number of carbonyl (C=O) groups is 2. The van der Waals surface area contributed by atoms with Gasteiger partial charge in [-0.1, -0.05) is 43.1 Å². The average Bonchev–Trinajstić information content (AvgIpc) is 3.55. The molecule has 1 saturated heterocycles. The third kappa shape index (κ3) is 5.75. The molecule has 1 aliphatic rings. The van der Waals surface area contributed by atoms with Crippen molar-refractivity contribution in [3.05, 3.63) is 76.3 Å². The van der Waals surface area contributed by atoms with Crippen LogP contribution in [0.2, 0.25) is 0 Å². The highest BCUT2D eigenvalue weighted by Crippen LogP contribution is 2.31. The second-order valence-corrected chi connectivity index (χ2v) is 10.3. The molecule has 1 fully saturated rings. The van der Waals surface area contributed by atoms with Crippen LogP contribution in [0.25, 0.3) is 21.8 Å². The quantitative estimate of drug-likeness (QED) is 0.198. The van der Waals surface area contributed by atoms with E-state index in [1.807, 2.05) is 37.3 Å². The summed E-state index contributed by atoms with van der Waals surface area (Å²) in [6.07, 6.45) is 3.84. The van der Waals surface area contributed by atoms with Gasteiger partial charge in [0.05, 0.1) is 12.3 Å². The van der Waals surface area contributed by atoms with Crippen LogP contribution in [0.15, 0.2) is 69.0 Å². The SMILES string of the molecule is CCCCCc1ccc(C(=O)N2C/C(=N/OCC)C[C@H]2C(=O)Nc2ccc3c(c2)c2ccccc2n3CC)c(=O)o1. The number of oxime groups is 1. The molecule has 0 aliphatic carbocycles. The number of para-hydroxylation sites is 1. The minimum Gasteiger partial charge on any atom is -0.427 e. The number of hydrogen-bond acceptors (Lipinski definition) is 6. The van der Waals surface area contributed by atoms with E-state index in [9.17, 15) is 14.4 Å². The molecule has 2 aromatic carbocycles. The normalized spacial score (nSPS) is 16.1. The number of aryl methyl sites for hydroxylation is 2. The van der Waals surface area contributed by atoms with Crippen LogP contribution in [0.4, 0.5) is 5.69 Å². The summed E-state index contributed by atoms with van der Waals surface area (Å²) in [7, 11) is 0. The van der Waals surface area contributed by atoms with Gasteiger partial charge in [-0.3, -0.25) is 9.59 Å². The molecule has 0 unspecified atom stereocenters. The lowest BCUT2D eigenvalue weighted by Crippen LogP contribution is -2.44. The zero-order valence-corrected chi connectivity index (χ0v) is 23.8. The molecule has 3 heterocycles. The Morgan fingerprint density at radius 2 is 1.83 bits per heavy atom. The van der Waals surface area contributed by atoms with E-state index in [4.69, 9.17) is 9.25 Å². The number of carbonyl (C=O) groups excluding carboxylic acids is 2. The van der Waals surface area contributed by atoms with Crippen LogP contribution >= 0.6 is 0 Å². The molecular weight excluding hydrogens is 520 g/mol. The Morgan fingerprint density at radius 1 is 1.02 bits per heavy atom. The van der Waals surface area contributed by atoms with Gasteiger partial charge < -0.3 is 24.0 Å². The van der Waals surface area contributed by atoms with Crippen molar-refractivity contribution in [2.24, 2.45) is 5.16 Å². The Hall–Kier alpha value is -4.40. The van der Waals surface area contributed by atoms with Crippen LogP contribution in [0.5, 0.6) is 0 Å². The van der Waals surface area contributed by atoms with E-state index in [0.717, 1.165) is 47.6 Å². The fraction of sp³-hybridized carbons (Fsp3) is 0.375. The van der Waals surface area contributed by atoms with Crippen molar-refractivity contribution in [3.8, 4) is 0 Å². The Balaban J connectivity index is 1.41. The number of rotatable bonds is 10.